The Labute approximate surface area is 172 Å². The number of hydrogen-bond acceptors (Lipinski definition) is 5. The van der Waals surface area contributed by atoms with Gasteiger partial charge in [-0.2, -0.15) is 0 Å². The maximum atomic E-state index is 13.1. The van der Waals surface area contributed by atoms with Gasteiger partial charge in [-0.3, -0.25) is 4.79 Å². The summed E-state index contributed by atoms with van der Waals surface area (Å²) in [5.41, 5.74) is 2.50. The lowest BCUT2D eigenvalue weighted by molar-refractivity contribution is -0.155. The van der Waals surface area contributed by atoms with Crippen LogP contribution in [-0.2, 0) is 14.3 Å². The van der Waals surface area contributed by atoms with Crippen LogP contribution in [0.3, 0.4) is 0 Å². The van der Waals surface area contributed by atoms with Gasteiger partial charge < -0.3 is 14.9 Å². The van der Waals surface area contributed by atoms with Crippen LogP contribution in [0.2, 0.25) is 0 Å². The highest BCUT2D eigenvalue weighted by Gasteiger charge is 2.53. The van der Waals surface area contributed by atoms with Crippen LogP contribution in [-0.4, -0.2) is 40.3 Å². The lowest BCUT2D eigenvalue weighted by Gasteiger charge is -2.40. The van der Waals surface area contributed by atoms with Crippen molar-refractivity contribution in [3.63, 3.8) is 0 Å². The van der Waals surface area contributed by atoms with E-state index in [-0.39, 0.29) is 53.0 Å². The number of allylic oxidation sites excluding steroid dienone is 4. The Morgan fingerprint density at radius 1 is 1.03 bits per heavy atom. The molecular weight excluding hydrogens is 368 g/mol. The minimum absolute atomic E-state index is 0.0823. The predicted octanol–water partition coefficient (Wildman–Crippen LogP) is 2.97. The molecule has 2 fully saturated rings. The minimum atomic E-state index is -0.679. The fraction of sp³-hybridized carbons (Fsp3) is 0.667. The molecule has 5 heteroatoms. The quantitative estimate of drug-likeness (QED) is 0.371. The third-order valence-corrected chi connectivity index (χ3v) is 7.88. The van der Waals surface area contributed by atoms with Crippen molar-refractivity contribution in [3.8, 4) is 0 Å². The molecule has 2 unspecified atom stereocenters. The molecule has 2 bridgehead atoms. The Balaban J connectivity index is 1.85. The number of carbonyl (C=O) groups is 2. The molecule has 5 nitrogen and oxygen atoms in total. The van der Waals surface area contributed by atoms with Crippen molar-refractivity contribution in [1.29, 1.82) is 0 Å². The van der Waals surface area contributed by atoms with Gasteiger partial charge in [-0.05, 0) is 44.9 Å². The second-order valence-electron chi connectivity index (χ2n) is 9.59. The van der Waals surface area contributed by atoms with Crippen LogP contribution in [0.25, 0.3) is 0 Å². The standard InChI is InChI=1S/C24H32O5/c1-11-5-7-15-12(2)9-17-20(23(27)14(4)22(17)26)16(15)10-18-21(25)13(3)19(8-6-11)29-24(18)28/h5,9-10,13-17,19-20,22-23,26-27H,6-8H2,1-4H3/b11-5-,18-10-/t13-,14+,15?,16?,17-,19+,20-,22+,23-/m0/s1. The van der Waals surface area contributed by atoms with E-state index in [4.69, 9.17) is 4.74 Å². The molecule has 5 rings (SSSR count). The van der Waals surface area contributed by atoms with E-state index < -0.39 is 18.2 Å². The second kappa shape index (κ2) is 7.51. The van der Waals surface area contributed by atoms with Gasteiger partial charge in [-0.25, -0.2) is 4.79 Å². The molecule has 0 spiro atoms. The Kier molecular flexibility index (Phi) is 5.32. The van der Waals surface area contributed by atoms with Gasteiger partial charge >= 0.3 is 5.97 Å². The lowest BCUT2D eigenvalue weighted by Crippen LogP contribution is -2.42. The van der Waals surface area contributed by atoms with E-state index in [0.717, 1.165) is 18.4 Å². The number of aliphatic hydroxyl groups excluding tert-OH is 2. The van der Waals surface area contributed by atoms with E-state index in [1.807, 2.05) is 13.8 Å². The lowest BCUT2D eigenvalue weighted by atomic mass is 9.65. The summed E-state index contributed by atoms with van der Waals surface area (Å²) in [6.45, 7) is 7.84. The van der Waals surface area contributed by atoms with E-state index in [2.05, 4.69) is 26.0 Å². The van der Waals surface area contributed by atoms with Gasteiger partial charge in [0, 0.05) is 17.8 Å². The summed E-state index contributed by atoms with van der Waals surface area (Å²) in [5, 5.41) is 21.6. The highest BCUT2D eigenvalue weighted by molar-refractivity contribution is 6.19. The average molecular weight is 401 g/mol. The molecule has 1 saturated heterocycles. The predicted molar refractivity (Wildman–Crippen MR) is 109 cm³/mol. The second-order valence-corrected chi connectivity index (χ2v) is 9.59. The first kappa shape index (κ1) is 20.5. The number of ketones is 1. The van der Waals surface area contributed by atoms with Crippen molar-refractivity contribution >= 4 is 11.8 Å². The maximum Gasteiger partial charge on any atom is 0.341 e. The van der Waals surface area contributed by atoms with Crippen LogP contribution >= 0.6 is 0 Å². The summed E-state index contributed by atoms with van der Waals surface area (Å²) in [6, 6.07) is 0. The summed E-state index contributed by atoms with van der Waals surface area (Å²) in [7, 11) is 0. The fourth-order valence-corrected chi connectivity index (χ4v) is 5.89. The van der Waals surface area contributed by atoms with E-state index in [1.54, 1.807) is 6.08 Å². The number of Topliss-reactive ketones (excluding diaryl/α,β-unsaturated/α-hetero) is 1. The number of esters is 1. The minimum Gasteiger partial charge on any atom is -0.458 e. The number of ether oxygens (including phenoxy) is 1. The molecule has 0 aromatic heterocycles. The molecule has 0 aromatic rings. The summed E-state index contributed by atoms with van der Waals surface area (Å²) >= 11 is 0. The van der Waals surface area contributed by atoms with Crippen molar-refractivity contribution in [2.24, 2.45) is 35.5 Å². The van der Waals surface area contributed by atoms with Gasteiger partial charge in [-0.15, -0.1) is 0 Å². The zero-order valence-corrected chi connectivity index (χ0v) is 17.7. The molecule has 2 N–H and O–H groups in total. The smallest absolute Gasteiger partial charge is 0.341 e. The summed E-state index contributed by atoms with van der Waals surface area (Å²) in [5.74, 6) is -1.80. The Morgan fingerprint density at radius 3 is 2.48 bits per heavy atom. The van der Waals surface area contributed by atoms with Gasteiger partial charge in [0.05, 0.1) is 23.7 Å². The van der Waals surface area contributed by atoms with Crippen molar-refractivity contribution in [1.82, 2.24) is 0 Å². The first-order valence-corrected chi connectivity index (χ1v) is 10.9. The van der Waals surface area contributed by atoms with E-state index in [1.165, 1.54) is 5.57 Å². The van der Waals surface area contributed by atoms with Crippen LogP contribution in [0.4, 0.5) is 0 Å². The van der Waals surface area contributed by atoms with Crippen molar-refractivity contribution in [3.05, 3.63) is 34.9 Å². The van der Waals surface area contributed by atoms with Crippen molar-refractivity contribution in [2.75, 3.05) is 0 Å². The first-order chi connectivity index (χ1) is 13.7. The molecule has 0 radical (unpaired) electrons. The van der Waals surface area contributed by atoms with E-state index in [9.17, 15) is 19.8 Å². The highest BCUT2D eigenvalue weighted by Crippen LogP contribution is 2.51. The zero-order chi connectivity index (χ0) is 21.0. The SMILES string of the molecule is CC1=C[C@@H]2[C@H](O)[C@@H](C)[C@H](O)[C@H]2C2/C=C3\C(=O)O[C@H](CC/C(C)=C\CC12)[C@H](C)C3=O. The fourth-order valence-electron chi connectivity index (χ4n) is 5.89. The summed E-state index contributed by atoms with van der Waals surface area (Å²) in [4.78, 5) is 25.8. The number of rotatable bonds is 0. The number of hydrogen-bond donors (Lipinski definition) is 2. The summed E-state index contributed by atoms with van der Waals surface area (Å²) < 4.78 is 5.66. The average Bonchev–Trinajstić information content (AvgIpc) is 2.89. The molecule has 158 valence electrons. The highest BCUT2D eigenvalue weighted by atomic mass is 16.5. The maximum absolute atomic E-state index is 13.1. The van der Waals surface area contributed by atoms with Crippen LogP contribution in [0.1, 0.15) is 47.0 Å². The zero-order valence-electron chi connectivity index (χ0n) is 17.7. The number of fused-ring (bicyclic) bond motifs is 6. The molecule has 2 aliphatic heterocycles. The molecule has 5 aliphatic rings. The van der Waals surface area contributed by atoms with Crippen molar-refractivity contribution in [2.45, 2.75) is 65.3 Å². The van der Waals surface area contributed by atoms with Gasteiger partial charge in [-0.1, -0.05) is 43.2 Å². The molecule has 2 heterocycles. The Hall–Kier alpha value is -1.72. The molecule has 0 aromatic carbocycles. The van der Waals surface area contributed by atoms with Crippen LogP contribution in [0.15, 0.2) is 34.9 Å². The van der Waals surface area contributed by atoms with E-state index >= 15 is 0 Å². The summed E-state index contributed by atoms with van der Waals surface area (Å²) in [6.07, 6.45) is 6.69. The van der Waals surface area contributed by atoms with Crippen LogP contribution < -0.4 is 0 Å². The van der Waals surface area contributed by atoms with Crippen molar-refractivity contribution < 1.29 is 24.5 Å². The van der Waals surface area contributed by atoms with Crippen LogP contribution in [0.5, 0.6) is 0 Å². The molecular formula is C24H32O5. The number of carbonyl (C=O) groups excluding carboxylic acids is 2. The topological polar surface area (TPSA) is 83.8 Å². The molecule has 9 atom stereocenters. The molecule has 1 saturated carbocycles. The third-order valence-electron chi connectivity index (χ3n) is 7.88. The van der Waals surface area contributed by atoms with E-state index in [0.29, 0.717) is 6.42 Å². The number of aliphatic hydroxyl groups is 2. The molecule has 29 heavy (non-hydrogen) atoms. The van der Waals surface area contributed by atoms with Gasteiger partial charge in [0.25, 0.3) is 0 Å². The molecule has 0 amide bonds. The molecule has 3 aliphatic carbocycles. The van der Waals surface area contributed by atoms with Crippen LogP contribution in [0, 0.1) is 35.5 Å². The van der Waals surface area contributed by atoms with Gasteiger partial charge in [0.15, 0.2) is 5.78 Å². The third kappa shape index (κ3) is 3.32. The normalized spacial score (nSPS) is 48.8. The van der Waals surface area contributed by atoms with Gasteiger partial charge in [0.1, 0.15) is 6.10 Å². The first-order valence-electron chi connectivity index (χ1n) is 10.9. The Morgan fingerprint density at radius 2 is 1.76 bits per heavy atom. The monoisotopic (exact) mass is 400 g/mol. The Bertz CT molecular complexity index is 806. The largest absolute Gasteiger partial charge is 0.458 e. The van der Waals surface area contributed by atoms with Gasteiger partial charge in [0.2, 0.25) is 0 Å².